The Morgan fingerprint density at radius 2 is 2.09 bits per heavy atom. The third kappa shape index (κ3) is 4.38. The van der Waals surface area contributed by atoms with Crippen LogP contribution in [0.3, 0.4) is 0 Å². The number of hydrogen-bond acceptors (Lipinski definition) is 4. The third-order valence-corrected chi connectivity index (χ3v) is 6.23. The van der Waals surface area contributed by atoms with E-state index in [0.29, 0.717) is 19.1 Å². The first-order valence-corrected chi connectivity index (χ1v) is 11.0. The number of halogens is 1. The topological polar surface area (TPSA) is 57.7 Å². The van der Waals surface area contributed by atoms with Gasteiger partial charge in [0.05, 0.1) is 18.6 Å². The lowest BCUT2D eigenvalue weighted by Crippen LogP contribution is -2.32. The van der Waals surface area contributed by atoms with E-state index in [9.17, 15) is 9.50 Å². The molecule has 0 saturated carbocycles. The standard InChI is InChI=1S/C26H24FN5O/c1-28-25-8-5-18(11-24(25)27)15-32-17-29-13-21(32)14-30-20-9-10-31(16-20)26-4-2-3-19-6-7-22(33)12-23(19)26/h2-8,11-13,17,20,30,33H,9-10,14-16H2/t20-/m1/s1. The minimum atomic E-state index is -0.491. The van der Waals surface area contributed by atoms with Gasteiger partial charge in [-0.3, -0.25) is 0 Å². The summed E-state index contributed by atoms with van der Waals surface area (Å²) in [6, 6.07) is 16.8. The van der Waals surface area contributed by atoms with Gasteiger partial charge in [-0.2, -0.15) is 0 Å². The van der Waals surface area contributed by atoms with Gasteiger partial charge in [-0.1, -0.05) is 30.3 Å². The zero-order valence-corrected chi connectivity index (χ0v) is 18.1. The van der Waals surface area contributed by atoms with E-state index in [-0.39, 0.29) is 11.4 Å². The maximum Gasteiger partial charge on any atom is 0.222 e. The minimum Gasteiger partial charge on any atom is -0.508 e. The first kappa shape index (κ1) is 21.0. The number of phenolic OH excluding ortho intramolecular Hbond substituents is 1. The highest BCUT2D eigenvalue weighted by Gasteiger charge is 2.24. The van der Waals surface area contributed by atoms with Gasteiger partial charge in [-0.15, -0.1) is 0 Å². The van der Waals surface area contributed by atoms with Crippen molar-refractivity contribution in [2.75, 3.05) is 18.0 Å². The Balaban J connectivity index is 1.23. The second-order valence-corrected chi connectivity index (χ2v) is 8.41. The molecule has 0 radical (unpaired) electrons. The Bertz CT molecular complexity index is 1340. The molecule has 7 heteroatoms. The number of anilines is 1. The number of nitrogens with zero attached hydrogens (tertiary/aromatic N) is 4. The summed E-state index contributed by atoms with van der Waals surface area (Å²) in [5.74, 6) is -0.212. The maximum absolute atomic E-state index is 14.0. The molecule has 1 aliphatic heterocycles. The number of nitrogens with one attached hydrogen (secondary N) is 1. The second kappa shape index (κ2) is 8.93. The molecule has 0 spiro atoms. The fourth-order valence-corrected chi connectivity index (χ4v) is 4.49. The van der Waals surface area contributed by atoms with Gasteiger partial charge in [0.15, 0.2) is 0 Å². The summed E-state index contributed by atoms with van der Waals surface area (Å²) in [6.07, 6.45) is 4.60. The molecule has 0 amide bonds. The Morgan fingerprint density at radius 1 is 1.18 bits per heavy atom. The summed E-state index contributed by atoms with van der Waals surface area (Å²) < 4.78 is 16.0. The molecule has 5 rings (SSSR count). The number of phenols is 1. The van der Waals surface area contributed by atoms with Crippen molar-refractivity contribution in [2.24, 2.45) is 0 Å². The molecule has 3 aromatic carbocycles. The summed E-state index contributed by atoms with van der Waals surface area (Å²) in [4.78, 5) is 9.81. The van der Waals surface area contributed by atoms with E-state index in [4.69, 9.17) is 6.57 Å². The lowest BCUT2D eigenvalue weighted by atomic mass is 10.1. The van der Waals surface area contributed by atoms with Gasteiger partial charge in [0.1, 0.15) is 11.6 Å². The van der Waals surface area contributed by atoms with Crippen LogP contribution >= 0.6 is 0 Å². The summed E-state index contributed by atoms with van der Waals surface area (Å²) in [7, 11) is 0. The van der Waals surface area contributed by atoms with E-state index in [2.05, 4.69) is 38.2 Å². The number of benzene rings is 3. The van der Waals surface area contributed by atoms with Crippen LogP contribution in [-0.4, -0.2) is 33.8 Å². The van der Waals surface area contributed by atoms with Gasteiger partial charge < -0.3 is 19.9 Å². The highest BCUT2D eigenvalue weighted by Crippen LogP contribution is 2.31. The molecule has 0 aliphatic carbocycles. The van der Waals surface area contributed by atoms with E-state index in [1.807, 2.05) is 22.9 Å². The lowest BCUT2D eigenvalue weighted by molar-refractivity contribution is 0.476. The summed E-state index contributed by atoms with van der Waals surface area (Å²) in [5.41, 5.74) is 3.00. The molecule has 2 heterocycles. The largest absolute Gasteiger partial charge is 0.508 e. The monoisotopic (exact) mass is 441 g/mol. The number of fused-ring (bicyclic) bond motifs is 1. The van der Waals surface area contributed by atoms with Crippen LogP contribution in [0.4, 0.5) is 15.8 Å². The normalized spacial score (nSPS) is 15.8. The van der Waals surface area contributed by atoms with Crippen LogP contribution in [0.2, 0.25) is 0 Å². The predicted octanol–water partition coefficient (Wildman–Crippen LogP) is 4.85. The fourth-order valence-electron chi connectivity index (χ4n) is 4.49. The zero-order chi connectivity index (χ0) is 22.8. The van der Waals surface area contributed by atoms with Crippen molar-refractivity contribution in [3.05, 3.63) is 95.6 Å². The molecule has 1 saturated heterocycles. The molecule has 6 nitrogen and oxygen atoms in total. The molecule has 2 N–H and O–H groups in total. The molecule has 0 unspecified atom stereocenters. The van der Waals surface area contributed by atoms with Crippen LogP contribution in [-0.2, 0) is 13.1 Å². The third-order valence-electron chi connectivity index (χ3n) is 6.23. The van der Waals surface area contributed by atoms with Crippen molar-refractivity contribution in [3.63, 3.8) is 0 Å². The molecule has 1 atom stereocenters. The summed E-state index contributed by atoms with van der Waals surface area (Å²) in [6.45, 7) is 9.98. The quantitative estimate of drug-likeness (QED) is 0.420. The average molecular weight is 442 g/mol. The van der Waals surface area contributed by atoms with E-state index in [1.54, 1.807) is 18.5 Å². The van der Waals surface area contributed by atoms with Gasteiger partial charge in [0.25, 0.3) is 0 Å². The predicted molar refractivity (Wildman–Crippen MR) is 127 cm³/mol. The van der Waals surface area contributed by atoms with Crippen molar-refractivity contribution in [2.45, 2.75) is 25.6 Å². The van der Waals surface area contributed by atoms with Gasteiger partial charge in [-0.05, 0) is 41.6 Å². The molecule has 1 aliphatic rings. The first-order chi connectivity index (χ1) is 16.1. The van der Waals surface area contributed by atoms with Crippen molar-refractivity contribution >= 4 is 22.1 Å². The zero-order valence-electron chi connectivity index (χ0n) is 18.1. The lowest BCUT2D eigenvalue weighted by Gasteiger charge is -2.21. The van der Waals surface area contributed by atoms with Crippen molar-refractivity contribution < 1.29 is 9.50 Å². The SMILES string of the molecule is [C-]#[N+]c1ccc(Cn2cncc2CN[C@@H]2CCN(c3cccc4ccc(O)cc34)C2)cc1F. The first-order valence-electron chi connectivity index (χ1n) is 11.0. The number of aromatic nitrogens is 2. The van der Waals surface area contributed by atoms with Gasteiger partial charge in [-0.25, -0.2) is 14.2 Å². The molecule has 1 aromatic heterocycles. The van der Waals surface area contributed by atoms with Crippen molar-refractivity contribution in [1.29, 1.82) is 0 Å². The van der Waals surface area contributed by atoms with E-state index in [1.165, 1.54) is 12.1 Å². The van der Waals surface area contributed by atoms with Crippen LogP contribution in [0.1, 0.15) is 17.7 Å². The number of imidazole rings is 1. The van der Waals surface area contributed by atoms with Gasteiger partial charge in [0, 0.05) is 49.5 Å². The van der Waals surface area contributed by atoms with Crippen LogP contribution in [0.5, 0.6) is 5.75 Å². The molecule has 1 fully saturated rings. The minimum absolute atomic E-state index is 0.0402. The van der Waals surface area contributed by atoms with Crippen LogP contribution in [0.15, 0.2) is 67.1 Å². The summed E-state index contributed by atoms with van der Waals surface area (Å²) in [5, 5.41) is 15.8. The van der Waals surface area contributed by atoms with E-state index in [0.717, 1.165) is 47.2 Å². The highest BCUT2D eigenvalue weighted by atomic mass is 19.1. The Labute approximate surface area is 191 Å². The Morgan fingerprint density at radius 3 is 2.94 bits per heavy atom. The smallest absolute Gasteiger partial charge is 0.222 e. The second-order valence-electron chi connectivity index (χ2n) is 8.41. The molecular weight excluding hydrogens is 417 g/mol. The Kier molecular flexibility index (Phi) is 5.68. The van der Waals surface area contributed by atoms with Gasteiger partial charge >= 0.3 is 0 Å². The van der Waals surface area contributed by atoms with E-state index < -0.39 is 5.82 Å². The number of rotatable bonds is 6. The molecular formula is C26H24FN5O. The number of aromatic hydroxyl groups is 1. The van der Waals surface area contributed by atoms with Crippen LogP contribution < -0.4 is 10.2 Å². The van der Waals surface area contributed by atoms with Crippen LogP contribution in [0.25, 0.3) is 15.6 Å². The summed E-state index contributed by atoms with van der Waals surface area (Å²) >= 11 is 0. The molecule has 4 aromatic rings. The van der Waals surface area contributed by atoms with E-state index >= 15 is 0 Å². The highest BCUT2D eigenvalue weighted by molar-refractivity contribution is 5.95. The molecule has 166 valence electrons. The average Bonchev–Trinajstić information content (AvgIpc) is 3.47. The van der Waals surface area contributed by atoms with Gasteiger partial charge in [0.2, 0.25) is 5.69 Å². The van der Waals surface area contributed by atoms with Crippen LogP contribution in [0, 0.1) is 12.4 Å². The molecule has 0 bridgehead atoms. The van der Waals surface area contributed by atoms with Crippen molar-refractivity contribution in [3.8, 4) is 5.75 Å². The van der Waals surface area contributed by atoms with Crippen molar-refractivity contribution in [1.82, 2.24) is 14.9 Å². The number of hydrogen-bond donors (Lipinski definition) is 2. The molecule has 33 heavy (non-hydrogen) atoms. The fraction of sp³-hybridized carbons (Fsp3) is 0.231. The maximum atomic E-state index is 14.0. The Hall–Kier alpha value is -3.89.